The van der Waals surface area contributed by atoms with Gasteiger partial charge in [-0.05, 0) is 48.8 Å². The van der Waals surface area contributed by atoms with Gasteiger partial charge in [0.2, 0.25) is 0 Å². The minimum absolute atomic E-state index is 0.558. The Morgan fingerprint density at radius 1 is 1.38 bits per heavy atom. The zero-order chi connectivity index (χ0) is 14.9. The van der Waals surface area contributed by atoms with Crippen molar-refractivity contribution < 1.29 is 9.47 Å². The van der Waals surface area contributed by atoms with Crippen LogP contribution in [0, 0.1) is 5.92 Å². The summed E-state index contributed by atoms with van der Waals surface area (Å²) in [6.45, 7) is 4.54. The molecule has 0 aromatic heterocycles. The number of rotatable bonds is 8. The molecule has 2 rings (SSSR count). The van der Waals surface area contributed by atoms with Crippen LogP contribution in [-0.4, -0.2) is 40.0 Å². The minimum Gasteiger partial charge on any atom is -0.383 e. The van der Waals surface area contributed by atoms with Gasteiger partial charge in [0.05, 0.1) is 6.61 Å². The van der Waals surface area contributed by atoms with Crippen molar-refractivity contribution in [2.75, 3.05) is 40.0 Å². The maximum Gasteiger partial charge on any atom is 0.0587 e. The summed E-state index contributed by atoms with van der Waals surface area (Å²) >= 11 is 3.59. The molecule has 1 aromatic carbocycles. The summed E-state index contributed by atoms with van der Waals surface area (Å²) in [6.07, 6.45) is 3.63. The van der Waals surface area contributed by atoms with Crippen LogP contribution >= 0.6 is 15.9 Å². The second-order valence-corrected chi connectivity index (χ2v) is 6.66. The number of ether oxygens (including phenoxy) is 2. The first-order valence-electron chi connectivity index (χ1n) is 7.82. The lowest BCUT2D eigenvalue weighted by Gasteiger charge is -2.27. The van der Waals surface area contributed by atoms with E-state index in [0.717, 1.165) is 43.3 Å². The van der Waals surface area contributed by atoms with Gasteiger partial charge in [-0.25, -0.2) is 0 Å². The first-order chi connectivity index (χ1) is 10.3. The molecule has 0 aliphatic carbocycles. The zero-order valence-corrected chi connectivity index (χ0v) is 14.4. The Kier molecular flexibility index (Phi) is 7.72. The number of benzene rings is 1. The summed E-state index contributed by atoms with van der Waals surface area (Å²) in [4.78, 5) is 0. The maximum absolute atomic E-state index is 5.48. The van der Waals surface area contributed by atoms with Gasteiger partial charge in [0.15, 0.2) is 0 Å². The van der Waals surface area contributed by atoms with Crippen molar-refractivity contribution in [1.82, 2.24) is 5.32 Å². The monoisotopic (exact) mass is 355 g/mol. The minimum atomic E-state index is 0.558. The van der Waals surface area contributed by atoms with Gasteiger partial charge in [0.25, 0.3) is 0 Å². The third kappa shape index (κ3) is 6.07. The van der Waals surface area contributed by atoms with Gasteiger partial charge in [-0.3, -0.25) is 0 Å². The molecule has 4 heteroatoms. The van der Waals surface area contributed by atoms with Crippen LogP contribution in [-0.2, 0) is 9.47 Å². The molecule has 0 spiro atoms. The summed E-state index contributed by atoms with van der Waals surface area (Å²) in [5.74, 6) is 1.34. The van der Waals surface area contributed by atoms with Crippen LogP contribution in [0.5, 0.6) is 0 Å². The normalized spacial score (nSPS) is 17.8. The number of hydrogen-bond acceptors (Lipinski definition) is 3. The van der Waals surface area contributed by atoms with Gasteiger partial charge in [-0.1, -0.05) is 28.1 Å². The lowest BCUT2D eigenvalue weighted by molar-refractivity contribution is 0.0616. The fraction of sp³-hybridized carbons (Fsp3) is 0.647. The average molecular weight is 356 g/mol. The summed E-state index contributed by atoms with van der Waals surface area (Å²) in [5, 5.41) is 3.52. The molecule has 1 aliphatic heterocycles. The van der Waals surface area contributed by atoms with Crippen molar-refractivity contribution in [1.29, 1.82) is 0 Å². The van der Waals surface area contributed by atoms with Crippen LogP contribution < -0.4 is 5.32 Å². The average Bonchev–Trinajstić information content (AvgIpc) is 2.51. The van der Waals surface area contributed by atoms with Crippen molar-refractivity contribution >= 4 is 15.9 Å². The van der Waals surface area contributed by atoms with E-state index in [1.807, 2.05) is 0 Å². The lowest BCUT2D eigenvalue weighted by atomic mass is 9.85. The third-order valence-corrected chi connectivity index (χ3v) is 4.65. The molecule has 1 aromatic rings. The first kappa shape index (κ1) is 16.9. The highest BCUT2D eigenvalue weighted by Gasteiger charge is 2.20. The largest absolute Gasteiger partial charge is 0.383 e. The topological polar surface area (TPSA) is 30.5 Å². The molecular formula is C17H26BrNO2. The second-order valence-electron chi connectivity index (χ2n) is 5.74. The molecule has 1 saturated heterocycles. The number of methoxy groups -OCH3 is 1. The number of halogens is 1. The van der Waals surface area contributed by atoms with Crippen LogP contribution in [0.2, 0.25) is 0 Å². The van der Waals surface area contributed by atoms with Gasteiger partial charge in [0.1, 0.15) is 0 Å². The molecule has 1 aliphatic rings. The molecule has 21 heavy (non-hydrogen) atoms. The third-order valence-electron chi connectivity index (χ3n) is 4.15. The second kappa shape index (κ2) is 9.57. The van der Waals surface area contributed by atoms with Crippen molar-refractivity contribution in [3.63, 3.8) is 0 Å². The van der Waals surface area contributed by atoms with Gasteiger partial charge >= 0.3 is 0 Å². The Balaban J connectivity index is 1.95. The van der Waals surface area contributed by atoms with Crippen LogP contribution in [0.3, 0.4) is 0 Å². The zero-order valence-electron chi connectivity index (χ0n) is 12.8. The summed E-state index contributed by atoms with van der Waals surface area (Å²) in [5.41, 5.74) is 1.42. The van der Waals surface area contributed by atoms with E-state index in [1.54, 1.807) is 7.11 Å². The van der Waals surface area contributed by atoms with E-state index >= 15 is 0 Å². The van der Waals surface area contributed by atoms with Crippen molar-refractivity contribution in [3.05, 3.63) is 34.3 Å². The Bertz CT molecular complexity index is 408. The molecular weight excluding hydrogens is 330 g/mol. The molecule has 1 heterocycles. The highest BCUT2D eigenvalue weighted by molar-refractivity contribution is 9.10. The highest BCUT2D eigenvalue weighted by atomic mass is 79.9. The van der Waals surface area contributed by atoms with Crippen LogP contribution in [0.25, 0.3) is 0 Å². The lowest BCUT2D eigenvalue weighted by Crippen LogP contribution is -2.27. The van der Waals surface area contributed by atoms with E-state index in [-0.39, 0.29) is 0 Å². The number of hydrogen-bond donors (Lipinski definition) is 1. The van der Waals surface area contributed by atoms with E-state index in [9.17, 15) is 0 Å². The molecule has 1 fully saturated rings. The fourth-order valence-corrected chi connectivity index (χ4v) is 3.35. The predicted molar refractivity (Wildman–Crippen MR) is 89.8 cm³/mol. The van der Waals surface area contributed by atoms with Crippen molar-refractivity contribution in [2.45, 2.75) is 25.2 Å². The highest BCUT2D eigenvalue weighted by Crippen LogP contribution is 2.30. The van der Waals surface area contributed by atoms with Gasteiger partial charge in [-0.2, -0.15) is 0 Å². The molecule has 0 amide bonds. The maximum atomic E-state index is 5.48. The van der Waals surface area contributed by atoms with Crippen LogP contribution in [0.15, 0.2) is 28.7 Å². The Labute approximate surface area is 136 Å². The van der Waals surface area contributed by atoms with Crippen molar-refractivity contribution in [3.8, 4) is 0 Å². The Morgan fingerprint density at radius 2 is 2.19 bits per heavy atom. The molecule has 1 N–H and O–H groups in total. The standard InChI is InChI=1S/C17H26BrNO2/c1-20-10-7-19-13-16(11-14-5-8-21-9-6-14)15-3-2-4-17(18)12-15/h2-4,12,14,16,19H,5-11,13H2,1H3. The van der Waals surface area contributed by atoms with Crippen molar-refractivity contribution in [2.24, 2.45) is 5.92 Å². The molecule has 118 valence electrons. The SMILES string of the molecule is COCCNCC(CC1CCOCC1)c1cccc(Br)c1. The number of nitrogens with one attached hydrogen (secondary N) is 1. The van der Waals surface area contributed by atoms with Gasteiger partial charge in [-0.15, -0.1) is 0 Å². The van der Waals surface area contributed by atoms with Gasteiger partial charge in [0, 0.05) is 37.9 Å². The molecule has 3 nitrogen and oxygen atoms in total. The van der Waals surface area contributed by atoms with E-state index in [1.165, 1.54) is 24.8 Å². The predicted octanol–water partition coefficient (Wildman–Crippen LogP) is 3.59. The molecule has 0 saturated carbocycles. The quantitative estimate of drug-likeness (QED) is 0.722. The van der Waals surface area contributed by atoms with Gasteiger partial charge < -0.3 is 14.8 Å². The fourth-order valence-electron chi connectivity index (χ4n) is 2.93. The molecule has 0 bridgehead atoms. The Hall–Kier alpha value is -0.420. The first-order valence-corrected chi connectivity index (χ1v) is 8.61. The van der Waals surface area contributed by atoms with E-state index in [4.69, 9.17) is 9.47 Å². The summed E-state index contributed by atoms with van der Waals surface area (Å²) in [6, 6.07) is 8.72. The summed E-state index contributed by atoms with van der Waals surface area (Å²) in [7, 11) is 1.75. The summed E-state index contributed by atoms with van der Waals surface area (Å²) < 4.78 is 11.8. The van der Waals surface area contributed by atoms with E-state index < -0.39 is 0 Å². The molecule has 1 atom stereocenters. The van der Waals surface area contributed by atoms with Crippen LogP contribution in [0.4, 0.5) is 0 Å². The molecule has 1 unspecified atom stereocenters. The Morgan fingerprint density at radius 3 is 2.90 bits per heavy atom. The van der Waals surface area contributed by atoms with E-state index in [0.29, 0.717) is 5.92 Å². The van der Waals surface area contributed by atoms with Crippen LogP contribution in [0.1, 0.15) is 30.7 Å². The van der Waals surface area contributed by atoms with E-state index in [2.05, 4.69) is 45.5 Å². The molecule has 0 radical (unpaired) electrons. The smallest absolute Gasteiger partial charge is 0.0587 e.